The molecule has 0 saturated heterocycles. The van der Waals surface area contributed by atoms with Gasteiger partial charge in [-0.05, 0) is 25.5 Å². The summed E-state index contributed by atoms with van der Waals surface area (Å²) in [5.74, 6) is 0. The van der Waals surface area contributed by atoms with Gasteiger partial charge in [0.15, 0.2) is 5.43 Å². The van der Waals surface area contributed by atoms with E-state index < -0.39 is 0 Å². The van der Waals surface area contributed by atoms with Crippen LogP contribution in [0.2, 0.25) is 0 Å². The Morgan fingerprint density at radius 3 is 3.00 bits per heavy atom. The summed E-state index contributed by atoms with van der Waals surface area (Å²) < 4.78 is 2.09. The van der Waals surface area contributed by atoms with Gasteiger partial charge in [-0.15, -0.1) is 0 Å². The molecule has 3 nitrogen and oxygen atoms in total. The first-order chi connectivity index (χ1) is 7.24. The molecule has 0 aromatic carbocycles. The topological polar surface area (TPSA) is 34.9 Å². The Labute approximate surface area is 88.4 Å². The third-order valence-electron chi connectivity index (χ3n) is 2.52. The number of nitrogens with zero attached hydrogens (tertiary/aromatic N) is 2. The minimum Gasteiger partial charge on any atom is -0.330 e. The lowest BCUT2D eigenvalue weighted by Gasteiger charge is -2.11. The zero-order valence-electron chi connectivity index (χ0n) is 9.03. The maximum Gasteiger partial charge on any atom is 0.191 e. The van der Waals surface area contributed by atoms with E-state index in [1.807, 2.05) is 13.0 Å². The van der Waals surface area contributed by atoms with Crippen LogP contribution >= 0.6 is 0 Å². The number of hydrogen-bond acceptors (Lipinski definition) is 2. The van der Waals surface area contributed by atoms with Crippen molar-refractivity contribution in [2.45, 2.75) is 26.8 Å². The summed E-state index contributed by atoms with van der Waals surface area (Å²) in [5.41, 5.74) is 1.83. The van der Waals surface area contributed by atoms with E-state index >= 15 is 0 Å². The van der Waals surface area contributed by atoms with Crippen molar-refractivity contribution >= 4 is 11.0 Å². The van der Waals surface area contributed by atoms with Gasteiger partial charge in [-0.3, -0.25) is 4.79 Å². The van der Waals surface area contributed by atoms with E-state index in [2.05, 4.69) is 16.5 Å². The fourth-order valence-electron chi connectivity index (χ4n) is 1.82. The van der Waals surface area contributed by atoms with Gasteiger partial charge in [0.1, 0.15) is 5.65 Å². The number of rotatable bonds is 2. The lowest BCUT2D eigenvalue weighted by molar-refractivity contribution is 0.672. The first-order valence-electron chi connectivity index (χ1n) is 5.19. The normalized spacial score (nSPS) is 10.8. The Bertz CT molecular complexity index is 543. The number of aromatic nitrogens is 2. The molecule has 2 aromatic rings. The van der Waals surface area contributed by atoms with Crippen molar-refractivity contribution in [3.63, 3.8) is 0 Å². The van der Waals surface area contributed by atoms with Gasteiger partial charge in [0.05, 0.1) is 5.39 Å². The van der Waals surface area contributed by atoms with Gasteiger partial charge in [-0.1, -0.05) is 6.92 Å². The Morgan fingerprint density at radius 2 is 2.27 bits per heavy atom. The second-order valence-electron chi connectivity index (χ2n) is 3.68. The second-order valence-corrected chi connectivity index (χ2v) is 3.68. The monoisotopic (exact) mass is 202 g/mol. The zero-order valence-corrected chi connectivity index (χ0v) is 9.03. The molecule has 2 heterocycles. The van der Waals surface area contributed by atoms with Crippen LogP contribution in [0, 0.1) is 6.92 Å². The van der Waals surface area contributed by atoms with Gasteiger partial charge in [0, 0.05) is 24.5 Å². The van der Waals surface area contributed by atoms with Crippen LogP contribution in [0.1, 0.15) is 19.0 Å². The minimum atomic E-state index is 0.0583. The maximum atomic E-state index is 11.7. The summed E-state index contributed by atoms with van der Waals surface area (Å²) in [4.78, 5) is 16.0. The molecule has 0 fully saturated rings. The van der Waals surface area contributed by atoms with Crippen LogP contribution < -0.4 is 5.43 Å². The molecule has 0 unspecified atom stereocenters. The molecule has 0 atom stereocenters. The van der Waals surface area contributed by atoms with Crippen molar-refractivity contribution in [3.05, 3.63) is 40.3 Å². The predicted molar refractivity (Wildman–Crippen MR) is 61.0 cm³/mol. The number of pyridine rings is 2. The summed E-state index contributed by atoms with van der Waals surface area (Å²) in [5, 5.41) is 0.705. The summed E-state index contributed by atoms with van der Waals surface area (Å²) >= 11 is 0. The minimum absolute atomic E-state index is 0.0583. The molecule has 2 rings (SSSR count). The van der Waals surface area contributed by atoms with Crippen LogP contribution in [0.3, 0.4) is 0 Å². The maximum absolute atomic E-state index is 11.7. The van der Waals surface area contributed by atoms with Crippen molar-refractivity contribution in [1.82, 2.24) is 9.55 Å². The highest BCUT2D eigenvalue weighted by atomic mass is 16.1. The summed E-state index contributed by atoms with van der Waals surface area (Å²) in [6, 6.07) is 5.31. The van der Waals surface area contributed by atoms with E-state index in [4.69, 9.17) is 0 Å². The van der Waals surface area contributed by atoms with E-state index in [9.17, 15) is 4.79 Å². The summed E-state index contributed by atoms with van der Waals surface area (Å²) in [6.07, 6.45) is 2.77. The van der Waals surface area contributed by atoms with E-state index in [1.165, 1.54) is 0 Å². The molecule has 0 radical (unpaired) electrons. The SMILES string of the molecule is CCCn1c(C)cc(=O)c2cccnc21. The highest BCUT2D eigenvalue weighted by Gasteiger charge is 2.05. The number of aryl methyl sites for hydroxylation is 2. The van der Waals surface area contributed by atoms with Crippen molar-refractivity contribution < 1.29 is 0 Å². The number of hydrogen-bond donors (Lipinski definition) is 0. The van der Waals surface area contributed by atoms with Crippen LogP contribution in [0.15, 0.2) is 29.2 Å². The summed E-state index contributed by atoms with van der Waals surface area (Å²) in [6.45, 7) is 4.97. The second kappa shape index (κ2) is 3.85. The van der Waals surface area contributed by atoms with E-state index in [1.54, 1.807) is 18.3 Å². The molecule has 0 N–H and O–H groups in total. The molecule has 0 saturated carbocycles. The van der Waals surface area contributed by atoms with Gasteiger partial charge in [-0.2, -0.15) is 0 Å². The molecule has 2 aromatic heterocycles. The summed E-state index contributed by atoms with van der Waals surface area (Å²) in [7, 11) is 0. The molecular formula is C12H14N2O. The van der Waals surface area contributed by atoms with Crippen LogP contribution in [0.25, 0.3) is 11.0 Å². The standard InChI is InChI=1S/C12H14N2O/c1-3-7-14-9(2)8-11(15)10-5-4-6-13-12(10)14/h4-6,8H,3,7H2,1-2H3. The smallest absolute Gasteiger partial charge is 0.191 e. The van der Waals surface area contributed by atoms with Crippen molar-refractivity contribution in [2.75, 3.05) is 0 Å². The quantitative estimate of drug-likeness (QED) is 0.747. The van der Waals surface area contributed by atoms with E-state index in [0.29, 0.717) is 5.39 Å². The van der Waals surface area contributed by atoms with Crippen molar-refractivity contribution in [2.24, 2.45) is 0 Å². The Kier molecular flexibility index (Phi) is 2.54. The Hall–Kier alpha value is -1.64. The molecular weight excluding hydrogens is 188 g/mol. The Balaban J connectivity index is 2.83. The first-order valence-corrected chi connectivity index (χ1v) is 5.19. The molecule has 0 bridgehead atoms. The van der Waals surface area contributed by atoms with E-state index in [0.717, 1.165) is 24.3 Å². The lowest BCUT2D eigenvalue weighted by atomic mass is 10.2. The molecule has 78 valence electrons. The van der Waals surface area contributed by atoms with Crippen LogP contribution in [-0.2, 0) is 6.54 Å². The fraction of sp³-hybridized carbons (Fsp3) is 0.333. The zero-order chi connectivity index (χ0) is 10.8. The van der Waals surface area contributed by atoms with Gasteiger partial charge >= 0.3 is 0 Å². The van der Waals surface area contributed by atoms with Crippen LogP contribution in [0.4, 0.5) is 0 Å². The van der Waals surface area contributed by atoms with Gasteiger partial charge in [-0.25, -0.2) is 4.98 Å². The van der Waals surface area contributed by atoms with Crippen molar-refractivity contribution in [1.29, 1.82) is 0 Å². The molecule has 0 aliphatic heterocycles. The van der Waals surface area contributed by atoms with Gasteiger partial charge in [0.2, 0.25) is 0 Å². The molecule has 3 heteroatoms. The van der Waals surface area contributed by atoms with E-state index in [-0.39, 0.29) is 5.43 Å². The molecule has 15 heavy (non-hydrogen) atoms. The third-order valence-corrected chi connectivity index (χ3v) is 2.52. The third kappa shape index (κ3) is 1.65. The average molecular weight is 202 g/mol. The largest absolute Gasteiger partial charge is 0.330 e. The predicted octanol–water partition coefficient (Wildman–Crippen LogP) is 2.11. The molecule has 0 aliphatic rings. The average Bonchev–Trinajstić information content (AvgIpc) is 2.24. The molecule has 0 aliphatic carbocycles. The Morgan fingerprint density at radius 1 is 1.47 bits per heavy atom. The molecule has 0 amide bonds. The highest BCUT2D eigenvalue weighted by molar-refractivity contribution is 5.74. The molecule has 0 spiro atoms. The first kappa shape index (κ1) is 9.90. The van der Waals surface area contributed by atoms with Crippen molar-refractivity contribution in [3.8, 4) is 0 Å². The van der Waals surface area contributed by atoms with Gasteiger partial charge in [0.25, 0.3) is 0 Å². The van der Waals surface area contributed by atoms with Crippen LogP contribution in [-0.4, -0.2) is 9.55 Å². The highest BCUT2D eigenvalue weighted by Crippen LogP contribution is 2.10. The van der Waals surface area contributed by atoms with Crippen LogP contribution in [0.5, 0.6) is 0 Å². The van der Waals surface area contributed by atoms with Gasteiger partial charge < -0.3 is 4.57 Å². The lowest BCUT2D eigenvalue weighted by Crippen LogP contribution is -2.12. The number of fused-ring (bicyclic) bond motifs is 1. The fourth-order valence-corrected chi connectivity index (χ4v) is 1.82.